The lowest BCUT2D eigenvalue weighted by Crippen LogP contribution is -2.55. The summed E-state index contributed by atoms with van der Waals surface area (Å²) in [7, 11) is 1.64. The fourth-order valence-corrected chi connectivity index (χ4v) is 9.86. The molecule has 0 radical (unpaired) electrons. The molecule has 2 aromatic rings. The third-order valence-corrected chi connectivity index (χ3v) is 15.6. The van der Waals surface area contributed by atoms with Crippen molar-refractivity contribution in [3.8, 4) is 10.4 Å². The molecule has 0 spiro atoms. The molecule has 103 heavy (non-hydrogen) atoms. The van der Waals surface area contributed by atoms with E-state index in [1.807, 2.05) is 45.9 Å². The van der Waals surface area contributed by atoms with E-state index in [0.717, 1.165) is 16.1 Å². The number of rotatable bonds is 76. The summed E-state index contributed by atoms with van der Waals surface area (Å²) >= 11 is 1.49. The second kappa shape index (κ2) is 66.5. The number of nitrogens with zero attached hydrogens (tertiary/aromatic N) is 3. The van der Waals surface area contributed by atoms with E-state index in [1.165, 1.54) is 21.1 Å². The van der Waals surface area contributed by atoms with Crippen LogP contribution in [-0.4, -0.2) is 367 Å². The van der Waals surface area contributed by atoms with Crippen LogP contribution in [0.25, 0.3) is 10.4 Å². The summed E-state index contributed by atoms with van der Waals surface area (Å²) in [6.07, 6.45) is -0.682. The third-order valence-electron chi connectivity index (χ3n) is 14.7. The topological polar surface area (TPSA) is 338 Å². The number of carbonyl (C=O) groups excluding carboxylic acids is 3. The minimum atomic E-state index is -0.830. The Bertz CT molecular complexity index is 2280. The largest absolute Gasteiger partial charge is 0.459 e. The fraction of sp³-hybridized carbons (Fsp3) is 0.829. The van der Waals surface area contributed by atoms with Gasteiger partial charge in [0.1, 0.15) is 19.4 Å². The van der Waals surface area contributed by atoms with Crippen molar-refractivity contribution in [3.63, 3.8) is 0 Å². The number of nitrogens with two attached hydrogens (primary N) is 1. The first-order chi connectivity index (χ1) is 50.5. The molecule has 1 aliphatic rings. The number of aliphatic hydroxyl groups excluding tert-OH is 1. The Morgan fingerprint density at radius 3 is 1.08 bits per heavy atom. The van der Waals surface area contributed by atoms with Gasteiger partial charge in [-0.2, -0.15) is 0 Å². The molecule has 598 valence electrons. The molecule has 3 N–H and O–H groups in total. The van der Waals surface area contributed by atoms with Gasteiger partial charge in [0.2, 0.25) is 12.3 Å². The van der Waals surface area contributed by atoms with Gasteiger partial charge in [-0.3, -0.25) is 9.59 Å². The molecule has 1 aromatic carbocycles. The number of aromatic nitrogens is 1. The van der Waals surface area contributed by atoms with Crippen molar-refractivity contribution in [2.75, 3.05) is 311 Å². The first-order valence-electron chi connectivity index (χ1n) is 35.8. The molecule has 2 amide bonds. The molecule has 1 aromatic heterocycles. The molecule has 0 aliphatic carbocycles. The van der Waals surface area contributed by atoms with Crippen LogP contribution >= 0.6 is 11.3 Å². The van der Waals surface area contributed by atoms with Gasteiger partial charge >= 0.3 is 5.97 Å². The SMILES string of the molecule is COCCOCCOCCOCCOCCOCCOCCOCCOCCOCCOCCOCCOCCOCCOCCOCCOCCOCCOCCOCCOCCOCCOCC(=O)OCc1cc(-c2scnc2C)ccc1CN(C=O)[C@@H]1C[C@@H](O)CN1C(=O)[C@@H](N)C(C)(C)C. The van der Waals surface area contributed by atoms with Crippen molar-refractivity contribution in [3.05, 3.63) is 40.5 Å². The Balaban J connectivity index is 0.954. The maximum absolute atomic E-state index is 13.5. The molecule has 3 atom stereocenters. The number of hydrogen-bond donors (Lipinski definition) is 2. The van der Waals surface area contributed by atoms with E-state index in [9.17, 15) is 19.5 Å². The van der Waals surface area contributed by atoms with Gasteiger partial charge < -0.3 is 134 Å². The molecule has 1 saturated heterocycles. The summed E-state index contributed by atoms with van der Waals surface area (Å²) in [6.45, 7) is 27.5. The van der Waals surface area contributed by atoms with E-state index < -0.39 is 29.7 Å². The van der Waals surface area contributed by atoms with Gasteiger partial charge in [0.05, 0.1) is 319 Å². The molecule has 2 heterocycles. The first kappa shape index (κ1) is 93.5. The summed E-state index contributed by atoms with van der Waals surface area (Å²) in [5.41, 5.74) is 10.7. The van der Waals surface area contributed by atoms with Gasteiger partial charge in [0.25, 0.3) is 0 Å². The Labute approximate surface area is 613 Å². The summed E-state index contributed by atoms with van der Waals surface area (Å²) in [4.78, 5) is 47.2. The second-order valence-corrected chi connectivity index (χ2v) is 24.7. The number of methoxy groups -OCH3 is 1. The predicted octanol–water partition coefficient (Wildman–Crippen LogP) is 2.42. The van der Waals surface area contributed by atoms with Crippen LogP contribution in [0.15, 0.2) is 23.7 Å². The van der Waals surface area contributed by atoms with E-state index >= 15 is 0 Å². The third kappa shape index (κ3) is 51.3. The van der Waals surface area contributed by atoms with Crippen molar-refractivity contribution in [1.82, 2.24) is 14.8 Å². The van der Waals surface area contributed by atoms with E-state index in [2.05, 4.69) is 4.98 Å². The lowest BCUT2D eigenvalue weighted by molar-refractivity contribution is -0.151. The maximum Gasteiger partial charge on any atom is 0.332 e. The highest BCUT2D eigenvalue weighted by Gasteiger charge is 2.42. The summed E-state index contributed by atoms with van der Waals surface area (Å²) < 4.78 is 132. The zero-order valence-corrected chi connectivity index (χ0v) is 62.9. The molecular weight excluding hydrogens is 1380 g/mol. The molecule has 0 unspecified atom stereocenters. The van der Waals surface area contributed by atoms with Crippen LogP contribution in [0.4, 0.5) is 0 Å². The zero-order chi connectivity index (χ0) is 74.0. The average Bonchev–Trinajstić information content (AvgIpc) is 1.69. The van der Waals surface area contributed by atoms with Gasteiger partial charge in [0.15, 0.2) is 0 Å². The molecule has 0 saturated carbocycles. The zero-order valence-electron chi connectivity index (χ0n) is 62.1. The van der Waals surface area contributed by atoms with Crippen molar-refractivity contribution in [1.29, 1.82) is 0 Å². The number of benzene rings is 1. The van der Waals surface area contributed by atoms with Gasteiger partial charge in [-0.25, -0.2) is 9.78 Å². The number of thiazole rings is 1. The second-order valence-electron chi connectivity index (χ2n) is 23.8. The van der Waals surface area contributed by atoms with Crippen LogP contribution in [0.5, 0.6) is 0 Å². The average molecular weight is 1500 g/mol. The van der Waals surface area contributed by atoms with Crippen LogP contribution in [0.3, 0.4) is 0 Å². The number of carbonyl (C=O) groups is 3. The number of aliphatic hydroxyl groups is 1. The standard InChI is InChI=1S/C70H124N4O28S/c1-60-67(103-58-72-60)61-6-7-62(54-73(59-75)65-53-64(76)55-74(65)69(78)68(71)70(2,3)4)63(52-61)56-102-66(77)57-101-51-50-100-49-48-99-47-46-98-45-44-97-43-42-96-41-40-95-39-38-94-37-36-93-35-34-92-33-32-91-31-30-90-29-28-89-27-26-88-25-24-87-23-22-86-21-20-85-19-18-84-17-16-83-15-14-82-13-12-81-11-10-80-9-8-79-5/h6-7,52,58-59,64-65,68,76H,8-51,53-57,71H2,1-5H3/t64-,65+,68-/m1/s1. The van der Waals surface area contributed by atoms with Crippen LogP contribution in [0, 0.1) is 12.3 Å². The van der Waals surface area contributed by atoms with E-state index in [4.69, 9.17) is 119 Å². The molecule has 3 rings (SSSR count). The van der Waals surface area contributed by atoms with E-state index in [0.29, 0.717) is 295 Å². The maximum atomic E-state index is 13.5. The highest BCUT2D eigenvalue weighted by Crippen LogP contribution is 2.32. The van der Waals surface area contributed by atoms with E-state index in [1.54, 1.807) is 12.6 Å². The quantitative estimate of drug-likeness (QED) is 0.0545. The monoisotopic (exact) mass is 1500 g/mol. The Hall–Kier alpha value is -3.74. The van der Waals surface area contributed by atoms with Crippen molar-refractivity contribution in [2.45, 2.75) is 65.6 Å². The molecule has 1 aliphatic heterocycles. The lowest BCUT2D eigenvalue weighted by atomic mass is 9.86. The molecule has 0 bridgehead atoms. The highest BCUT2D eigenvalue weighted by atomic mass is 32.1. The number of likely N-dealkylation sites (tertiary alicyclic amines) is 1. The van der Waals surface area contributed by atoms with Crippen LogP contribution in [-0.2, 0) is 141 Å². The van der Waals surface area contributed by atoms with Crippen LogP contribution in [0.2, 0.25) is 0 Å². The van der Waals surface area contributed by atoms with Crippen LogP contribution < -0.4 is 5.73 Å². The minimum absolute atomic E-state index is 0.0620. The number of esters is 1. The minimum Gasteiger partial charge on any atom is -0.459 e. The molecular formula is C70H124N4O28S. The highest BCUT2D eigenvalue weighted by molar-refractivity contribution is 7.13. The van der Waals surface area contributed by atoms with Crippen molar-refractivity contribution >= 4 is 29.6 Å². The van der Waals surface area contributed by atoms with Gasteiger partial charge in [0, 0.05) is 26.6 Å². The Morgan fingerprint density at radius 1 is 0.505 bits per heavy atom. The number of ether oxygens (including phenoxy) is 24. The summed E-state index contributed by atoms with van der Waals surface area (Å²) in [5, 5.41) is 10.6. The van der Waals surface area contributed by atoms with Gasteiger partial charge in [-0.1, -0.05) is 32.9 Å². The van der Waals surface area contributed by atoms with Crippen molar-refractivity contribution in [2.24, 2.45) is 11.1 Å². The predicted molar refractivity (Wildman–Crippen MR) is 377 cm³/mol. The first-order valence-corrected chi connectivity index (χ1v) is 36.7. The Kier molecular flexibility index (Phi) is 60.3. The molecule has 33 heteroatoms. The normalized spacial score (nSPS) is 14.3. The number of hydrogen-bond acceptors (Lipinski definition) is 31. The van der Waals surface area contributed by atoms with Gasteiger partial charge in [-0.15, -0.1) is 11.3 Å². The fourth-order valence-electron chi connectivity index (χ4n) is 9.05. The lowest BCUT2D eigenvalue weighted by Gasteiger charge is -2.36. The smallest absolute Gasteiger partial charge is 0.332 e. The number of β-amino-alcohol motifs (C(OH)–C–C–N with tert-alkyl or cyclic N) is 1. The van der Waals surface area contributed by atoms with Crippen LogP contribution in [0.1, 0.15) is 44.0 Å². The number of amides is 2. The summed E-state index contributed by atoms with van der Waals surface area (Å²) in [5.74, 6) is -0.918. The Morgan fingerprint density at radius 2 is 0.806 bits per heavy atom. The number of aryl methyl sites for hydroxylation is 1. The summed E-state index contributed by atoms with van der Waals surface area (Å²) in [6, 6.07) is 4.87. The van der Waals surface area contributed by atoms with Crippen molar-refractivity contribution < 1.29 is 133 Å². The van der Waals surface area contributed by atoms with E-state index in [-0.39, 0.29) is 51.8 Å². The molecule has 32 nitrogen and oxygen atoms in total. The van der Waals surface area contributed by atoms with Gasteiger partial charge in [-0.05, 0) is 35.1 Å². The molecule has 1 fully saturated rings.